The zero-order valence-electron chi connectivity index (χ0n) is 18.4. The fourth-order valence-corrected chi connectivity index (χ4v) is 9.30. The van der Waals surface area contributed by atoms with Gasteiger partial charge in [-0.05, 0) is 41.2 Å². The van der Waals surface area contributed by atoms with Gasteiger partial charge in [-0.25, -0.2) is 4.67 Å². The average molecular weight is 474 g/mol. The molecule has 1 saturated heterocycles. The molecule has 0 amide bonds. The van der Waals surface area contributed by atoms with Crippen LogP contribution in [-0.2, 0) is 4.57 Å². The molecule has 2 aromatic rings. The second-order valence-corrected chi connectivity index (χ2v) is 13.4. The molecule has 2 nitrogen and oxygen atoms in total. The smallest absolute Gasteiger partial charge is 0.196 e. The summed E-state index contributed by atoms with van der Waals surface area (Å²) in [5, 5.41) is 1.01. The number of hydrogen-bond donors (Lipinski definition) is 0. The lowest BCUT2D eigenvalue weighted by molar-refractivity contribution is 0.133. The maximum atomic E-state index is 14.7. The van der Waals surface area contributed by atoms with Crippen LogP contribution in [0, 0.1) is 10.8 Å². The Morgan fingerprint density at radius 2 is 1.39 bits per heavy atom. The SMILES string of the molecule is CC1(C)CC2CC(C)(CN2P(=O)(/C=C(\Cl)c2ccccc2)/C=C(/Cl)c2ccccc2)C1. The van der Waals surface area contributed by atoms with Crippen molar-refractivity contribution in [2.75, 3.05) is 6.54 Å². The molecule has 2 bridgehead atoms. The molecule has 3 unspecified atom stereocenters. The van der Waals surface area contributed by atoms with Crippen LogP contribution in [-0.4, -0.2) is 17.3 Å². The molecule has 164 valence electrons. The van der Waals surface area contributed by atoms with Gasteiger partial charge in [0.2, 0.25) is 0 Å². The minimum absolute atomic E-state index is 0.155. The van der Waals surface area contributed by atoms with Gasteiger partial charge in [0.05, 0.1) is 10.1 Å². The van der Waals surface area contributed by atoms with E-state index < -0.39 is 7.29 Å². The quantitative estimate of drug-likeness (QED) is 0.404. The van der Waals surface area contributed by atoms with E-state index in [9.17, 15) is 4.57 Å². The molecule has 0 aromatic heterocycles. The average Bonchev–Trinajstić information content (AvgIpc) is 2.98. The maximum Gasteiger partial charge on any atom is 0.196 e. The Bertz CT molecular complexity index is 988. The topological polar surface area (TPSA) is 20.3 Å². The van der Waals surface area contributed by atoms with E-state index in [1.54, 1.807) is 11.6 Å². The van der Waals surface area contributed by atoms with Gasteiger partial charge < -0.3 is 0 Å². The highest BCUT2D eigenvalue weighted by atomic mass is 35.5. The molecule has 1 aliphatic heterocycles. The van der Waals surface area contributed by atoms with Crippen LogP contribution < -0.4 is 0 Å². The van der Waals surface area contributed by atoms with Crippen LogP contribution in [0.2, 0.25) is 0 Å². The molecule has 1 aliphatic carbocycles. The molecule has 0 radical (unpaired) electrons. The van der Waals surface area contributed by atoms with Crippen molar-refractivity contribution in [3.05, 3.63) is 83.4 Å². The summed E-state index contributed by atoms with van der Waals surface area (Å²) in [5.41, 5.74) is 2.11. The lowest BCUT2D eigenvalue weighted by atomic mass is 9.65. The molecule has 3 atom stereocenters. The van der Waals surface area contributed by atoms with Gasteiger partial charge in [-0.2, -0.15) is 0 Å². The van der Waals surface area contributed by atoms with Crippen molar-refractivity contribution in [1.82, 2.24) is 4.67 Å². The molecule has 31 heavy (non-hydrogen) atoms. The first-order valence-corrected chi connectivity index (χ1v) is 13.4. The Balaban J connectivity index is 1.79. The monoisotopic (exact) mass is 473 g/mol. The number of halogens is 2. The first-order chi connectivity index (χ1) is 14.6. The van der Waals surface area contributed by atoms with Gasteiger partial charge in [-0.3, -0.25) is 4.57 Å². The minimum Gasteiger partial charge on any atom is -0.297 e. The Morgan fingerprint density at radius 1 is 0.903 bits per heavy atom. The molecule has 1 saturated carbocycles. The predicted octanol–water partition coefficient (Wildman–Crippen LogP) is 8.64. The highest BCUT2D eigenvalue weighted by Gasteiger charge is 2.53. The van der Waals surface area contributed by atoms with Gasteiger partial charge in [0.15, 0.2) is 7.29 Å². The van der Waals surface area contributed by atoms with E-state index in [0.717, 1.165) is 36.9 Å². The van der Waals surface area contributed by atoms with Crippen molar-refractivity contribution in [2.45, 2.75) is 46.1 Å². The van der Waals surface area contributed by atoms with E-state index in [4.69, 9.17) is 23.2 Å². The largest absolute Gasteiger partial charge is 0.297 e. The van der Waals surface area contributed by atoms with E-state index >= 15 is 0 Å². The van der Waals surface area contributed by atoms with Crippen molar-refractivity contribution >= 4 is 40.6 Å². The molecule has 0 spiro atoms. The van der Waals surface area contributed by atoms with Gasteiger partial charge in [0.1, 0.15) is 0 Å². The fourth-order valence-electron chi connectivity index (χ4n) is 5.65. The number of hydrogen-bond acceptors (Lipinski definition) is 1. The Hall–Kier alpha value is -1.31. The number of nitrogens with zero attached hydrogens (tertiary/aromatic N) is 1. The molecule has 2 fully saturated rings. The summed E-state index contributed by atoms with van der Waals surface area (Å²) in [4.78, 5) is 0. The summed E-state index contributed by atoms with van der Waals surface area (Å²) in [5.74, 6) is 3.51. The van der Waals surface area contributed by atoms with Crippen molar-refractivity contribution < 1.29 is 4.57 Å². The van der Waals surface area contributed by atoms with Crippen LogP contribution >= 0.6 is 30.5 Å². The zero-order chi connectivity index (χ0) is 22.3. The Labute approximate surface area is 196 Å². The fraction of sp³-hybridized carbons (Fsp3) is 0.385. The first kappa shape index (κ1) is 22.9. The third-order valence-corrected chi connectivity index (χ3v) is 9.97. The second-order valence-electron chi connectivity index (χ2n) is 10.2. The van der Waals surface area contributed by atoms with Gasteiger partial charge in [0, 0.05) is 24.2 Å². The Morgan fingerprint density at radius 3 is 1.87 bits per heavy atom. The van der Waals surface area contributed by atoms with E-state index in [-0.39, 0.29) is 16.9 Å². The summed E-state index contributed by atoms with van der Waals surface area (Å²) in [7, 11) is -3.13. The van der Waals surface area contributed by atoms with E-state index in [1.807, 2.05) is 60.7 Å². The molecule has 4 rings (SSSR count). The van der Waals surface area contributed by atoms with Gasteiger partial charge in [-0.1, -0.05) is 105 Å². The highest BCUT2D eigenvalue weighted by Crippen LogP contribution is 2.65. The van der Waals surface area contributed by atoms with Gasteiger partial charge in [-0.15, -0.1) is 0 Å². The highest BCUT2D eigenvalue weighted by molar-refractivity contribution is 7.68. The predicted molar refractivity (Wildman–Crippen MR) is 134 cm³/mol. The molecule has 2 aromatic carbocycles. The molecular weight excluding hydrogens is 444 g/mol. The molecule has 1 heterocycles. The van der Waals surface area contributed by atoms with E-state index in [1.165, 1.54) is 0 Å². The third kappa shape index (κ3) is 5.04. The standard InChI is InChI=1S/C26H30Cl2NOP/c1-25(2)14-22-15-26(3,18-25)19-29(22)31(30,16-23(27)20-10-6-4-7-11-20)17-24(28)21-12-8-5-9-13-21/h4-13,16-17,22H,14-15,18-19H2,1-3H3/b23-16-,24-17+. The summed E-state index contributed by atoms with van der Waals surface area (Å²) in [6.45, 7) is 7.77. The van der Waals surface area contributed by atoms with Crippen LogP contribution in [0.4, 0.5) is 0 Å². The lowest BCUT2D eigenvalue weighted by Gasteiger charge is -2.40. The van der Waals surface area contributed by atoms with Crippen LogP contribution in [0.1, 0.15) is 51.2 Å². The zero-order valence-corrected chi connectivity index (χ0v) is 20.8. The van der Waals surface area contributed by atoms with Crippen LogP contribution in [0.3, 0.4) is 0 Å². The van der Waals surface area contributed by atoms with Crippen LogP contribution in [0.25, 0.3) is 10.1 Å². The van der Waals surface area contributed by atoms with Crippen LogP contribution in [0.5, 0.6) is 0 Å². The number of rotatable bonds is 5. The number of fused-ring (bicyclic) bond motifs is 2. The number of benzene rings is 2. The van der Waals surface area contributed by atoms with Gasteiger partial charge >= 0.3 is 0 Å². The van der Waals surface area contributed by atoms with Crippen molar-refractivity contribution in [2.24, 2.45) is 10.8 Å². The molecule has 5 heteroatoms. The summed E-state index contributed by atoms with van der Waals surface area (Å²) in [6.07, 6.45) is 3.23. The van der Waals surface area contributed by atoms with E-state index in [0.29, 0.717) is 10.1 Å². The third-order valence-electron chi connectivity index (χ3n) is 6.48. The summed E-state index contributed by atoms with van der Waals surface area (Å²) >= 11 is 13.4. The Kier molecular flexibility index (Phi) is 6.32. The van der Waals surface area contributed by atoms with Crippen molar-refractivity contribution in [3.8, 4) is 0 Å². The van der Waals surface area contributed by atoms with Crippen molar-refractivity contribution in [1.29, 1.82) is 0 Å². The first-order valence-electron chi connectivity index (χ1n) is 10.8. The van der Waals surface area contributed by atoms with Crippen LogP contribution in [0.15, 0.2) is 72.3 Å². The van der Waals surface area contributed by atoms with Gasteiger partial charge in [0.25, 0.3) is 0 Å². The summed E-state index contributed by atoms with van der Waals surface area (Å²) in [6, 6.07) is 19.7. The molecule has 2 aliphatic rings. The second kappa shape index (κ2) is 8.56. The van der Waals surface area contributed by atoms with E-state index in [2.05, 4.69) is 25.4 Å². The minimum atomic E-state index is -3.13. The van der Waals surface area contributed by atoms with Crippen molar-refractivity contribution in [3.63, 3.8) is 0 Å². The lowest BCUT2D eigenvalue weighted by Crippen LogP contribution is -2.33. The summed E-state index contributed by atoms with van der Waals surface area (Å²) < 4.78 is 16.9. The molecule has 0 N–H and O–H groups in total. The molecular formula is C26H30Cl2NOP. The normalized spacial score (nSPS) is 28.4. The maximum absolute atomic E-state index is 14.7.